The molecular weight excluding hydrogens is 374 g/mol. The van der Waals surface area contributed by atoms with Gasteiger partial charge in [0, 0.05) is 0 Å². The van der Waals surface area contributed by atoms with Crippen molar-refractivity contribution in [2.45, 2.75) is 26.8 Å². The topological polar surface area (TPSA) is 83.1 Å². The monoisotopic (exact) mass is 399 g/mol. The van der Waals surface area contributed by atoms with Crippen LogP contribution in [0.4, 0.5) is 0 Å². The maximum Gasteiger partial charge on any atom is 0.338 e. The van der Waals surface area contributed by atoms with Crippen LogP contribution >= 0.6 is 0 Å². The molecule has 0 radical (unpaired) electrons. The Balaban J connectivity index is 1.46. The number of hydrogen-bond donors (Lipinski definition) is 1. The van der Waals surface area contributed by atoms with E-state index in [1.807, 2.05) is 19.1 Å². The van der Waals surface area contributed by atoms with Crippen LogP contribution in [0.5, 0.6) is 17.2 Å². The number of amides is 1. The molecule has 154 valence electrons. The number of ether oxygens (including phenoxy) is 4. The van der Waals surface area contributed by atoms with Crippen LogP contribution in [0.2, 0.25) is 0 Å². The highest BCUT2D eigenvalue weighted by Crippen LogP contribution is 2.34. The van der Waals surface area contributed by atoms with E-state index >= 15 is 0 Å². The Morgan fingerprint density at radius 2 is 1.76 bits per heavy atom. The SMILES string of the molecule is CC(C)COc1ccc(C(=O)OCC(=O)N[C@H](C)c2ccc3c(c2)OCO3)cc1. The third-order valence-corrected chi connectivity index (χ3v) is 4.28. The number of fused-ring (bicyclic) bond motifs is 1. The second-order valence-electron chi connectivity index (χ2n) is 7.21. The number of carbonyl (C=O) groups is 2. The van der Waals surface area contributed by atoms with Crippen molar-refractivity contribution >= 4 is 11.9 Å². The summed E-state index contributed by atoms with van der Waals surface area (Å²) >= 11 is 0. The van der Waals surface area contributed by atoms with Crippen molar-refractivity contribution in [2.75, 3.05) is 20.0 Å². The van der Waals surface area contributed by atoms with Gasteiger partial charge in [0.1, 0.15) is 5.75 Å². The molecule has 0 saturated heterocycles. The van der Waals surface area contributed by atoms with Crippen molar-refractivity contribution in [2.24, 2.45) is 5.92 Å². The van der Waals surface area contributed by atoms with Crippen molar-refractivity contribution in [3.05, 3.63) is 53.6 Å². The van der Waals surface area contributed by atoms with Crippen molar-refractivity contribution in [3.63, 3.8) is 0 Å². The summed E-state index contributed by atoms with van der Waals surface area (Å²) in [5, 5.41) is 2.80. The highest BCUT2D eigenvalue weighted by atomic mass is 16.7. The maximum atomic E-state index is 12.1. The molecule has 1 atom stereocenters. The molecule has 1 aliphatic heterocycles. The van der Waals surface area contributed by atoms with E-state index in [4.69, 9.17) is 18.9 Å². The van der Waals surface area contributed by atoms with Gasteiger partial charge in [-0.15, -0.1) is 0 Å². The van der Waals surface area contributed by atoms with Crippen molar-refractivity contribution in [1.82, 2.24) is 5.32 Å². The van der Waals surface area contributed by atoms with Crippen molar-refractivity contribution in [1.29, 1.82) is 0 Å². The van der Waals surface area contributed by atoms with Gasteiger partial charge in [-0.2, -0.15) is 0 Å². The van der Waals surface area contributed by atoms with Gasteiger partial charge in [0.15, 0.2) is 18.1 Å². The van der Waals surface area contributed by atoms with Gasteiger partial charge in [-0.1, -0.05) is 19.9 Å². The Labute approximate surface area is 169 Å². The molecule has 0 aromatic heterocycles. The van der Waals surface area contributed by atoms with Crippen LogP contribution in [0.15, 0.2) is 42.5 Å². The van der Waals surface area contributed by atoms with Gasteiger partial charge in [0.2, 0.25) is 6.79 Å². The minimum Gasteiger partial charge on any atom is -0.493 e. The van der Waals surface area contributed by atoms with Crippen LogP contribution in [-0.2, 0) is 9.53 Å². The lowest BCUT2D eigenvalue weighted by Gasteiger charge is -2.15. The molecule has 1 N–H and O–H groups in total. The molecule has 0 fully saturated rings. The van der Waals surface area contributed by atoms with E-state index in [0.717, 1.165) is 5.56 Å². The fourth-order valence-electron chi connectivity index (χ4n) is 2.71. The highest BCUT2D eigenvalue weighted by molar-refractivity contribution is 5.91. The van der Waals surface area contributed by atoms with E-state index in [2.05, 4.69) is 19.2 Å². The molecule has 3 rings (SSSR count). The van der Waals surface area contributed by atoms with E-state index in [9.17, 15) is 9.59 Å². The lowest BCUT2D eigenvalue weighted by Crippen LogP contribution is -2.31. The average molecular weight is 399 g/mol. The van der Waals surface area contributed by atoms with Gasteiger partial charge in [-0.3, -0.25) is 4.79 Å². The van der Waals surface area contributed by atoms with Gasteiger partial charge >= 0.3 is 5.97 Å². The summed E-state index contributed by atoms with van der Waals surface area (Å²) in [7, 11) is 0. The Bertz CT molecular complexity index is 862. The van der Waals surface area contributed by atoms with E-state index in [0.29, 0.717) is 35.3 Å². The van der Waals surface area contributed by atoms with Crippen LogP contribution in [0.3, 0.4) is 0 Å². The number of carbonyl (C=O) groups excluding carboxylic acids is 2. The summed E-state index contributed by atoms with van der Waals surface area (Å²) < 4.78 is 21.3. The normalized spacial score (nSPS) is 13.1. The average Bonchev–Trinajstić information content (AvgIpc) is 3.18. The van der Waals surface area contributed by atoms with Crippen LogP contribution in [0.1, 0.15) is 42.7 Å². The molecule has 29 heavy (non-hydrogen) atoms. The summed E-state index contributed by atoms with van der Waals surface area (Å²) in [6.45, 7) is 6.40. The Morgan fingerprint density at radius 3 is 2.48 bits per heavy atom. The van der Waals surface area contributed by atoms with Crippen LogP contribution in [-0.4, -0.2) is 31.9 Å². The summed E-state index contributed by atoms with van der Waals surface area (Å²) in [6, 6.07) is 11.9. The Hall–Kier alpha value is -3.22. The fourth-order valence-corrected chi connectivity index (χ4v) is 2.71. The molecule has 1 amide bonds. The molecule has 0 bridgehead atoms. The minimum absolute atomic E-state index is 0.195. The zero-order chi connectivity index (χ0) is 20.8. The third kappa shape index (κ3) is 5.63. The van der Waals surface area contributed by atoms with Gasteiger partial charge in [0.05, 0.1) is 18.2 Å². The number of benzene rings is 2. The standard InChI is InChI=1S/C22H25NO6/c1-14(2)11-26-18-7-4-16(5-8-18)22(25)27-12-21(24)23-15(3)17-6-9-19-20(10-17)29-13-28-19/h4-10,14-15H,11-13H2,1-3H3,(H,23,24)/t15-/m1/s1. The molecule has 7 nitrogen and oxygen atoms in total. The predicted octanol–water partition coefficient (Wildman–Crippen LogP) is 3.48. The summed E-state index contributed by atoms with van der Waals surface area (Å²) in [6.07, 6.45) is 0. The van der Waals surface area contributed by atoms with E-state index < -0.39 is 5.97 Å². The first-order valence-corrected chi connectivity index (χ1v) is 9.51. The second-order valence-corrected chi connectivity index (χ2v) is 7.21. The molecule has 2 aromatic rings. The Kier molecular flexibility index (Phi) is 6.59. The lowest BCUT2D eigenvalue weighted by molar-refractivity contribution is -0.124. The second kappa shape index (κ2) is 9.32. The molecule has 0 aliphatic carbocycles. The highest BCUT2D eigenvalue weighted by Gasteiger charge is 2.17. The fraction of sp³-hybridized carbons (Fsp3) is 0.364. The van der Waals surface area contributed by atoms with E-state index in [-0.39, 0.29) is 25.3 Å². The molecule has 7 heteroatoms. The van der Waals surface area contributed by atoms with E-state index in [1.54, 1.807) is 30.3 Å². The summed E-state index contributed by atoms with van der Waals surface area (Å²) in [5.74, 6) is 1.48. The summed E-state index contributed by atoms with van der Waals surface area (Å²) in [4.78, 5) is 24.3. The molecule has 1 heterocycles. The number of rotatable bonds is 8. The zero-order valence-corrected chi connectivity index (χ0v) is 16.8. The van der Waals surface area contributed by atoms with Gasteiger partial charge < -0.3 is 24.3 Å². The van der Waals surface area contributed by atoms with Gasteiger partial charge in [-0.05, 0) is 54.8 Å². The van der Waals surface area contributed by atoms with Gasteiger partial charge in [-0.25, -0.2) is 4.79 Å². The van der Waals surface area contributed by atoms with Crippen LogP contribution in [0.25, 0.3) is 0 Å². The molecular formula is C22H25NO6. The first-order valence-electron chi connectivity index (χ1n) is 9.51. The first-order chi connectivity index (χ1) is 13.9. The van der Waals surface area contributed by atoms with Crippen molar-refractivity contribution < 1.29 is 28.5 Å². The molecule has 1 aliphatic rings. The van der Waals surface area contributed by atoms with Crippen LogP contribution in [0, 0.1) is 5.92 Å². The maximum absolute atomic E-state index is 12.1. The quantitative estimate of drug-likeness (QED) is 0.685. The first kappa shape index (κ1) is 20.5. The van der Waals surface area contributed by atoms with Gasteiger partial charge in [0.25, 0.3) is 5.91 Å². The van der Waals surface area contributed by atoms with Crippen LogP contribution < -0.4 is 19.5 Å². The molecule has 0 saturated carbocycles. The van der Waals surface area contributed by atoms with E-state index in [1.165, 1.54) is 0 Å². The third-order valence-electron chi connectivity index (χ3n) is 4.28. The number of nitrogens with one attached hydrogen (secondary N) is 1. The van der Waals surface area contributed by atoms with Crippen molar-refractivity contribution in [3.8, 4) is 17.2 Å². The number of esters is 1. The number of hydrogen-bond acceptors (Lipinski definition) is 6. The molecule has 0 spiro atoms. The lowest BCUT2D eigenvalue weighted by atomic mass is 10.1. The molecule has 0 unspecified atom stereocenters. The molecule has 2 aromatic carbocycles. The largest absolute Gasteiger partial charge is 0.493 e. The predicted molar refractivity (Wildman–Crippen MR) is 106 cm³/mol. The zero-order valence-electron chi connectivity index (χ0n) is 16.8. The minimum atomic E-state index is -0.564. The summed E-state index contributed by atoms with van der Waals surface area (Å²) in [5.41, 5.74) is 1.23. The smallest absolute Gasteiger partial charge is 0.338 e. The Morgan fingerprint density at radius 1 is 1.03 bits per heavy atom.